The lowest BCUT2D eigenvalue weighted by Gasteiger charge is -2.10. The fourth-order valence-corrected chi connectivity index (χ4v) is 3.04. The van der Waals surface area contributed by atoms with Gasteiger partial charge in [-0.15, -0.1) is 0 Å². The zero-order valence-electron chi connectivity index (χ0n) is 16.4. The number of alkyl halides is 3. The van der Waals surface area contributed by atoms with Crippen LogP contribution < -0.4 is 10.9 Å². The molecule has 0 saturated heterocycles. The van der Waals surface area contributed by atoms with Crippen molar-refractivity contribution in [1.82, 2.24) is 24.6 Å². The number of fused-ring (bicyclic) bond motifs is 1. The van der Waals surface area contributed by atoms with Gasteiger partial charge < -0.3 is 5.32 Å². The van der Waals surface area contributed by atoms with Crippen LogP contribution in [0.5, 0.6) is 0 Å². The number of hydrogen-bond donors (Lipinski definition) is 1. The molecular formula is C20H22F3N5O2. The molecular weight excluding hydrogens is 399 g/mol. The van der Waals surface area contributed by atoms with Gasteiger partial charge in [0, 0.05) is 13.0 Å². The Bertz CT molecular complexity index is 1090. The number of aromatic nitrogens is 4. The summed E-state index contributed by atoms with van der Waals surface area (Å²) < 4.78 is 41.4. The zero-order chi connectivity index (χ0) is 21.7. The Balaban J connectivity index is 1.73. The molecule has 0 aliphatic carbocycles. The number of carbonyl (C=O) groups is 1. The molecule has 0 unspecified atom stereocenters. The second-order valence-electron chi connectivity index (χ2n) is 6.93. The molecule has 1 aromatic carbocycles. The van der Waals surface area contributed by atoms with E-state index in [4.69, 9.17) is 0 Å². The molecule has 0 aliphatic rings. The monoisotopic (exact) mass is 421 g/mol. The summed E-state index contributed by atoms with van der Waals surface area (Å²) in [4.78, 5) is 28.6. The quantitative estimate of drug-likeness (QED) is 0.606. The Hall–Kier alpha value is -3.17. The Morgan fingerprint density at radius 1 is 1.27 bits per heavy atom. The minimum Gasteiger partial charge on any atom is -0.354 e. The molecule has 1 amide bonds. The van der Waals surface area contributed by atoms with Gasteiger partial charge in [0.05, 0.1) is 24.8 Å². The summed E-state index contributed by atoms with van der Waals surface area (Å²) in [6.45, 7) is 2.68. The highest BCUT2D eigenvalue weighted by molar-refractivity contribution is 5.76. The summed E-state index contributed by atoms with van der Waals surface area (Å²) in [6, 6.07) is 4.83. The molecule has 160 valence electrons. The predicted octanol–water partition coefficient (Wildman–Crippen LogP) is 2.97. The lowest BCUT2D eigenvalue weighted by Crippen LogP contribution is -2.27. The van der Waals surface area contributed by atoms with Crippen molar-refractivity contribution in [2.24, 2.45) is 0 Å². The third-order valence-electron chi connectivity index (χ3n) is 4.63. The fourth-order valence-electron chi connectivity index (χ4n) is 3.04. The molecule has 7 nitrogen and oxygen atoms in total. The van der Waals surface area contributed by atoms with Gasteiger partial charge in [0.15, 0.2) is 5.65 Å². The van der Waals surface area contributed by atoms with E-state index in [1.165, 1.54) is 33.9 Å². The molecule has 10 heteroatoms. The van der Waals surface area contributed by atoms with Gasteiger partial charge in [-0.2, -0.15) is 18.3 Å². The van der Waals surface area contributed by atoms with Crippen LogP contribution in [0.3, 0.4) is 0 Å². The fraction of sp³-hybridized carbons (Fsp3) is 0.400. The molecule has 2 heterocycles. The van der Waals surface area contributed by atoms with E-state index < -0.39 is 17.3 Å². The van der Waals surface area contributed by atoms with E-state index >= 15 is 0 Å². The average Bonchev–Trinajstić information content (AvgIpc) is 3.12. The maximum Gasteiger partial charge on any atom is 0.416 e. The van der Waals surface area contributed by atoms with E-state index in [0.717, 1.165) is 25.0 Å². The second kappa shape index (κ2) is 9.10. The molecule has 3 aromatic rings. The van der Waals surface area contributed by atoms with Crippen molar-refractivity contribution in [3.63, 3.8) is 0 Å². The van der Waals surface area contributed by atoms with Crippen molar-refractivity contribution in [2.75, 3.05) is 6.54 Å². The van der Waals surface area contributed by atoms with E-state index in [0.29, 0.717) is 30.7 Å². The van der Waals surface area contributed by atoms with E-state index in [1.54, 1.807) is 0 Å². The third-order valence-corrected chi connectivity index (χ3v) is 4.63. The minimum atomic E-state index is -4.45. The van der Waals surface area contributed by atoms with Crippen LogP contribution in [0.1, 0.15) is 37.3 Å². The maximum absolute atomic E-state index is 12.9. The van der Waals surface area contributed by atoms with Crippen molar-refractivity contribution < 1.29 is 18.0 Å². The van der Waals surface area contributed by atoms with Crippen molar-refractivity contribution in [3.8, 4) is 0 Å². The van der Waals surface area contributed by atoms with Gasteiger partial charge in [-0.3, -0.25) is 14.2 Å². The summed E-state index contributed by atoms with van der Waals surface area (Å²) >= 11 is 0. The van der Waals surface area contributed by atoms with E-state index in [2.05, 4.69) is 15.4 Å². The van der Waals surface area contributed by atoms with Gasteiger partial charge in [0.25, 0.3) is 5.56 Å². The number of halogens is 3. The van der Waals surface area contributed by atoms with Crippen LogP contribution in [-0.2, 0) is 24.1 Å². The molecule has 0 radical (unpaired) electrons. The largest absolute Gasteiger partial charge is 0.416 e. The zero-order valence-corrected chi connectivity index (χ0v) is 16.4. The molecule has 1 N–H and O–H groups in total. The van der Waals surface area contributed by atoms with Gasteiger partial charge in [-0.05, 0) is 24.1 Å². The van der Waals surface area contributed by atoms with Crippen LogP contribution in [0.2, 0.25) is 0 Å². The molecule has 0 saturated carbocycles. The summed E-state index contributed by atoms with van der Waals surface area (Å²) in [5.74, 6) is -0.0373. The Kier molecular flexibility index (Phi) is 6.53. The van der Waals surface area contributed by atoms with Gasteiger partial charge in [-0.25, -0.2) is 9.67 Å². The summed E-state index contributed by atoms with van der Waals surface area (Å²) in [5.41, 5.74) is -0.454. The molecule has 30 heavy (non-hydrogen) atoms. The Labute approximate surface area is 170 Å². The number of amides is 1. The van der Waals surface area contributed by atoms with Crippen LogP contribution in [0.25, 0.3) is 11.0 Å². The van der Waals surface area contributed by atoms with Crippen LogP contribution in [0, 0.1) is 0 Å². The van der Waals surface area contributed by atoms with Crippen LogP contribution >= 0.6 is 0 Å². The number of rotatable bonds is 8. The number of nitrogens with one attached hydrogen (secondary N) is 1. The standard InChI is InChI=1S/C20H22F3N5O2/c1-2-3-7-17(29)24-8-9-28-18-16(11-26-28)19(30)27(13-25-18)12-14-5-4-6-15(10-14)20(21,22)23/h4-6,10-11,13H,2-3,7-9,12H2,1H3,(H,24,29). The number of unbranched alkanes of at least 4 members (excludes halogenated alkanes) is 1. The molecule has 0 fully saturated rings. The van der Waals surface area contributed by atoms with E-state index in [-0.39, 0.29) is 17.8 Å². The van der Waals surface area contributed by atoms with Gasteiger partial charge in [0.1, 0.15) is 11.7 Å². The third kappa shape index (κ3) is 5.05. The van der Waals surface area contributed by atoms with Crippen molar-refractivity contribution in [2.45, 2.75) is 45.5 Å². The molecule has 0 atom stereocenters. The highest BCUT2D eigenvalue weighted by Crippen LogP contribution is 2.29. The van der Waals surface area contributed by atoms with Crippen molar-refractivity contribution in [3.05, 3.63) is 58.3 Å². The minimum absolute atomic E-state index is 0.0373. The molecule has 0 spiro atoms. The Morgan fingerprint density at radius 2 is 2.07 bits per heavy atom. The summed E-state index contributed by atoms with van der Waals surface area (Å²) in [7, 11) is 0. The number of benzene rings is 1. The molecule has 2 aromatic heterocycles. The Morgan fingerprint density at radius 3 is 2.80 bits per heavy atom. The molecule has 0 bridgehead atoms. The lowest BCUT2D eigenvalue weighted by molar-refractivity contribution is -0.137. The maximum atomic E-state index is 12.9. The first kappa shape index (κ1) is 21.5. The van der Waals surface area contributed by atoms with Crippen molar-refractivity contribution in [1.29, 1.82) is 0 Å². The number of hydrogen-bond acceptors (Lipinski definition) is 4. The van der Waals surface area contributed by atoms with Gasteiger partial charge in [-0.1, -0.05) is 25.5 Å². The molecule has 0 aliphatic heterocycles. The van der Waals surface area contributed by atoms with Crippen LogP contribution in [0.15, 0.2) is 41.6 Å². The number of nitrogens with zero attached hydrogens (tertiary/aromatic N) is 4. The first-order chi connectivity index (χ1) is 14.3. The number of carbonyl (C=O) groups excluding carboxylic acids is 1. The van der Waals surface area contributed by atoms with Crippen LogP contribution in [0.4, 0.5) is 13.2 Å². The lowest BCUT2D eigenvalue weighted by atomic mass is 10.1. The van der Waals surface area contributed by atoms with E-state index in [9.17, 15) is 22.8 Å². The normalized spacial score (nSPS) is 11.7. The van der Waals surface area contributed by atoms with Crippen molar-refractivity contribution >= 4 is 16.9 Å². The van der Waals surface area contributed by atoms with Gasteiger partial charge in [0.2, 0.25) is 5.91 Å². The highest BCUT2D eigenvalue weighted by Gasteiger charge is 2.30. The molecule has 3 rings (SSSR count). The first-order valence-electron chi connectivity index (χ1n) is 9.63. The van der Waals surface area contributed by atoms with Gasteiger partial charge >= 0.3 is 6.18 Å². The SMILES string of the molecule is CCCCC(=O)NCCn1ncc2c(=O)n(Cc3cccc(C(F)(F)F)c3)cnc21. The summed E-state index contributed by atoms with van der Waals surface area (Å²) in [5, 5.41) is 7.21. The second-order valence-corrected chi connectivity index (χ2v) is 6.93. The van der Waals surface area contributed by atoms with E-state index in [1.807, 2.05) is 6.92 Å². The average molecular weight is 421 g/mol. The smallest absolute Gasteiger partial charge is 0.354 e. The first-order valence-corrected chi connectivity index (χ1v) is 9.63. The summed E-state index contributed by atoms with van der Waals surface area (Å²) in [6.07, 6.45) is 0.456. The highest BCUT2D eigenvalue weighted by atomic mass is 19.4. The topological polar surface area (TPSA) is 81.8 Å². The van der Waals surface area contributed by atoms with Crippen LogP contribution in [-0.4, -0.2) is 31.8 Å². The predicted molar refractivity (Wildman–Crippen MR) is 105 cm³/mol.